The van der Waals surface area contributed by atoms with E-state index in [9.17, 15) is 0 Å². The van der Waals surface area contributed by atoms with E-state index in [-0.39, 0.29) is 32.0 Å². The van der Waals surface area contributed by atoms with Gasteiger partial charge in [0, 0.05) is 0 Å². The topological polar surface area (TPSA) is 0 Å². The summed E-state index contributed by atoms with van der Waals surface area (Å²) in [6, 6.07) is 18.2. The van der Waals surface area contributed by atoms with Crippen molar-refractivity contribution in [3.05, 3.63) is 73.7 Å². The van der Waals surface area contributed by atoms with Gasteiger partial charge in [0.2, 0.25) is 0 Å². The van der Waals surface area contributed by atoms with E-state index in [2.05, 4.69) is 90.1 Å². The fourth-order valence-corrected chi connectivity index (χ4v) is 4.26. The minimum absolute atomic E-state index is 0.00872. The summed E-state index contributed by atoms with van der Waals surface area (Å²) >= 11 is -0.0907. The Bertz CT molecular complexity index is 522. The first-order valence-corrected chi connectivity index (χ1v) is 9.53. The van der Waals surface area contributed by atoms with Crippen LogP contribution in [0.1, 0.15) is 45.7 Å². The summed E-state index contributed by atoms with van der Waals surface area (Å²) in [5.41, 5.74) is 2.94. The van der Waals surface area contributed by atoms with Gasteiger partial charge < -0.3 is 0 Å². The van der Waals surface area contributed by atoms with Gasteiger partial charge in [-0.2, -0.15) is 0 Å². The molecule has 0 aliphatic rings. The fourth-order valence-electron chi connectivity index (χ4n) is 2.10. The molecule has 1 heteroatoms. The first-order chi connectivity index (χ1) is 9.66. The van der Waals surface area contributed by atoms with Crippen LogP contribution in [0.5, 0.6) is 0 Å². The molecule has 0 unspecified atom stereocenters. The second-order valence-electron chi connectivity index (χ2n) is 7.24. The van der Waals surface area contributed by atoms with Crippen molar-refractivity contribution < 1.29 is 21.2 Å². The van der Waals surface area contributed by atoms with E-state index in [4.69, 9.17) is 0 Å². The molecule has 0 saturated heterocycles. The molecule has 21 heavy (non-hydrogen) atoms. The van der Waals surface area contributed by atoms with Crippen LogP contribution < -0.4 is 21.2 Å². The maximum atomic E-state index is 4.20. The monoisotopic (exact) mass is 392 g/mol. The third-order valence-corrected chi connectivity index (χ3v) is 6.24. The molecule has 0 aliphatic heterocycles. The van der Waals surface area contributed by atoms with Crippen molar-refractivity contribution in [1.29, 1.82) is 0 Å². The zero-order chi connectivity index (χ0) is 15.7. The van der Waals surface area contributed by atoms with Crippen molar-refractivity contribution in [1.82, 2.24) is 0 Å². The molecule has 0 aromatic heterocycles. The van der Waals surface area contributed by atoms with E-state index in [1.165, 1.54) is 18.3 Å². The van der Waals surface area contributed by atoms with Crippen LogP contribution in [0.3, 0.4) is 0 Å². The van der Waals surface area contributed by atoms with Crippen molar-refractivity contribution in [3.63, 3.8) is 0 Å². The molecule has 2 rings (SSSR count). The van der Waals surface area contributed by atoms with Crippen molar-refractivity contribution in [2.75, 3.05) is 0 Å². The molecule has 0 amide bonds. The van der Waals surface area contributed by atoms with Gasteiger partial charge in [-0.05, 0) is 0 Å². The average molecular weight is 392 g/mol. The number of rotatable bonds is 3. The number of halogens is 1. The van der Waals surface area contributed by atoms with Crippen LogP contribution in [-0.4, -0.2) is 0 Å². The summed E-state index contributed by atoms with van der Waals surface area (Å²) in [6.07, 6.45) is 0. The first-order valence-electron chi connectivity index (χ1n) is 7.37. The zero-order valence-corrected chi connectivity index (χ0v) is 15.9. The summed E-state index contributed by atoms with van der Waals surface area (Å²) in [5.74, 6) is 0. The van der Waals surface area contributed by atoms with Gasteiger partial charge in [-0.1, -0.05) is 0 Å². The Morgan fingerprint density at radius 1 is 0.667 bits per heavy atom. The van der Waals surface area contributed by atoms with Gasteiger partial charge in [-0.3, -0.25) is 0 Å². The minimum atomic E-state index is -0.0907. The Kier molecular flexibility index (Phi) is 4.72. The predicted molar refractivity (Wildman–Crippen MR) is 87.4 cm³/mol. The van der Waals surface area contributed by atoms with E-state index < -0.39 is 0 Å². The van der Waals surface area contributed by atoms with E-state index in [1.54, 1.807) is 0 Å². The Hall–Kier alpha value is -0.960. The van der Waals surface area contributed by atoms with Crippen LogP contribution in [0.25, 0.3) is 0 Å². The maximum absolute atomic E-state index is 4.20. The summed E-state index contributed by atoms with van der Waals surface area (Å²) < 4.78 is 2.94. The Balaban J connectivity index is 2.12. The van der Waals surface area contributed by atoms with Crippen LogP contribution in [0.4, 0.5) is 0 Å². The molecule has 0 bridgehead atoms. The molecular weight excluding hydrogens is 367 g/mol. The number of hydrogen-bond acceptors (Lipinski definition) is 0. The van der Waals surface area contributed by atoms with Gasteiger partial charge in [0.1, 0.15) is 0 Å². The van der Waals surface area contributed by atoms with Crippen LogP contribution >= 0.6 is 0 Å². The van der Waals surface area contributed by atoms with Gasteiger partial charge >= 0.3 is 140 Å². The quantitative estimate of drug-likeness (QED) is 0.555. The molecule has 0 nitrogen and oxygen atoms in total. The van der Waals surface area contributed by atoms with E-state index in [1.807, 2.05) is 0 Å². The molecule has 0 N–H and O–H groups in total. The molecular formula is C20H25I. The van der Waals surface area contributed by atoms with E-state index in [0.717, 1.165) is 0 Å². The Morgan fingerprint density at radius 2 is 1.05 bits per heavy atom. The van der Waals surface area contributed by atoms with Crippen molar-refractivity contribution >= 4 is 0 Å². The van der Waals surface area contributed by atoms with Gasteiger partial charge in [-0.15, -0.1) is 0 Å². The van der Waals surface area contributed by atoms with Gasteiger partial charge in [0.25, 0.3) is 0 Å². The van der Waals surface area contributed by atoms with E-state index in [0.29, 0.717) is 0 Å². The Labute approximate surface area is 140 Å². The van der Waals surface area contributed by atoms with Gasteiger partial charge in [-0.25, -0.2) is 0 Å². The van der Waals surface area contributed by atoms with Crippen molar-refractivity contribution in [3.8, 4) is 0 Å². The normalized spacial score (nSPS) is 12.6. The van der Waals surface area contributed by atoms with Crippen molar-refractivity contribution in [2.24, 2.45) is 0 Å². The SMILES string of the molecule is [CH2+]C(C)(C)c1ccc([I-]c2ccc(C(C)(C)C)cc2)cc1. The van der Waals surface area contributed by atoms with Crippen LogP contribution in [0.15, 0.2) is 48.5 Å². The van der Waals surface area contributed by atoms with Crippen molar-refractivity contribution in [2.45, 2.75) is 45.4 Å². The summed E-state index contributed by atoms with van der Waals surface area (Å²) in [4.78, 5) is 0. The molecule has 0 spiro atoms. The fraction of sp³-hybridized carbons (Fsp3) is 0.350. The first kappa shape index (κ1) is 16.4. The number of hydrogen-bond donors (Lipinski definition) is 0. The second kappa shape index (κ2) is 6.04. The van der Waals surface area contributed by atoms with Crippen LogP contribution in [0.2, 0.25) is 0 Å². The molecule has 2 aromatic carbocycles. The molecule has 0 radical (unpaired) electrons. The van der Waals surface area contributed by atoms with E-state index >= 15 is 0 Å². The number of benzene rings is 2. The predicted octanol–water partition coefficient (Wildman–Crippen LogP) is 2.22. The average Bonchev–Trinajstić information content (AvgIpc) is 2.38. The van der Waals surface area contributed by atoms with Crippen LogP contribution in [-0.2, 0) is 10.8 Å². The summed E-state index contributed by atoms with van der Waals surface area (Å²) in [5, 5.41) is 0. The Morgan fingerprint density at radius 3 is 1.38 bits per heavy atom. The standard InChI is InChI=1S/C20H25I/c1-19(2,3)15-7-11-17(12-8-15)21-18-13-9-16(10-14-18)20(4,5)6/h7-14H,1H2,2-6H3. The van der Waals surface area contributed by atoms with Gasteiger partial charge in [0.05, 0.1) is 0 Å². The molecule has 0 saturated carbocycles. The molecule has 0 heterocycles. The van der Waals surface area contributed by atoms with Crippen LogP contribution in [0, 0.1) is 14.1 Å². The third kappa shape index (κ3) is 4.50. The zero-order valence-electron chi connectivity index (χ0n) is 13.7. The molecule has 0 fully saturated rings. The second-order valence-corrected chi connectivity index (χ2v) is 10.3. The molecule has 2 aromatic rings. The third-order valence-electron chi connectivity index (χ3n) is 3.55. The molecule has 0 atom stereocenters. The summed E-state index contributed by atoms with van der Waals surface area (Å²) in [6.45, 7) is 15.3. The summed E-state index contributed by atoms with van der Waals surface area (Å²) in [7, 11) is 0. The molecule has 112 valence electrons. The molecule has 0 aliphatic carbocycles. The van der Waals surface area contributed by atoms with Gasteiger partial charge in [0.15, 0.2) is 0 Å².